The normalized spacial score (nSPS) is 14.0. The lowest BCUT2D eigenvalue weighted by atomic mass is 9.79. The number of likely N-dealkylation sites (tertiary alicyclic amines) is 1. The number of hydrogen-bond acceptors (Lipinski definition) is 6. The number of nitrogens with one attached hydrogen (secondary N) is 1. The molecule has 232 valence electrons. The number of rotatable bonds is 13. The second-order valence-corrected chi connectivity index (χ2v) is 11.3. The molecular formula is C36H38N4O5. The zero-order chi connectivity index (χ0) is 31.4. The van der Waals surface area contributed by atoms with Gasteiger partial charge in [0.05, 0.1) is 12.3 Å². The van der Waals surface area contributed by atoms with Gasteiger partial charge in [0.1, 0.15) is 18.7 Å². The SMILES string of the molecule is O=C(O)CCNC(=O)[C@H](c1ccc(OCc2ccccc2)cc1)C1CCN(C(=O)CCc2cccc(-c3cncnc3)c2)CC1. The summed E-state index contributed by atoms with van der Waals surface area (Å²) in [5, 5.41) is 11.9. The van der Waals surface area contributed by atoms with Gasteiger partial charge in [0.2, 0.25) is 11.8 Å². The zero-order valence-electron chi connectivity index (χ0n) is 25.2. The Kier molecular flexibility index (Phi) is 10.9. The number of hydrogen-bond donors (Lipinski definition) is 2. The van der Waals surface area contributed by atoms with Crippen molar-refractivity contribution in [3.8, 4) is 16.9 Å². The molecule has 45 heavy (non-hydrogen) atoms. The molecule has 4 aromatic rings. The summed E-state index contributed by atoms with van der Waals surface area (Å²) in [7, 11) is 0. The van der Waals surface area contributed by atoms with Crippen LogP contribution < -0.4 is 10.1 Å². The van der Waals surface area contributed by atoms with Crippen LogP contribution in [0.4, 0.5) is 0 Å². The van der Waals surface area contributed by atoms with Crippen LogP contribution in [0.15, 0.2) is 97.6 Å². The van der Waals surface area contributed by atoms with E-state index in [4.69, 9.17) is 9.84 Å². The summed E-state index contributed by atoms with van der Waals surface area (Å²) in [6.45, 7) is 1.65. The molecule has 3 aromatic carbocycles. The van der Waals surface area contributed by atoms with Crippen LogP contribution in [0.2, 0.25) is 0 Å². The summed E-state index contributed by atoms with van der Waals surface area (Å²) in [5.74, 6) is -0.786. The van der Waals surface area contributed by atoms with Crippen molar-refractivity contribution in [3.63, 3.8) is 0 Å². The highest BCUT2D eigenvalue weighted by atomic mass is 16.5. The number of piperidine rings is 1. The quantitative estimate of drug-likeness (QED) is 0.213. The molecule has 2 heterocycles. The third-order valence-electron chi connectivity index (χ3n) is 8.22. The predicted molar refractivity (Wildman–Crippen MR) is 170 cm³/mol. The van der Waals surface area contributed by atoms with Gasteiger partial charge in [-0.3, -0.25) is 14.4 Å². The van der Waals surface area contributed by atoms with Gasteiger partial charge in [0, 0.05) is 44.0 Å². The molecule has 0 unspecified atom stereocenters. The van der Waals surface area contributed by atoms with Gasteiger partial charge in [-0.2, -0.15) is 0 Å². The number of benzene rings is 3. The Morgan fingerprint density at radius 2 is 1.58 bits per heavy atom. The number of carbonyl (C=O) groups is 3. The van der Waals surface area contributed by atoms with Gasteiger partial charge >= 0.3 is 5.97 Å². The first-order valence-corrected chi connectivity index (χ1v) is 15.3. The predicted octanol–water partition coefficient (Wildman–Crippen LogP) is 5.27. The minimum atomic E-state index is -0.959. The molecule has 5 rings (SSSR count). The highest BCUT2D eigenvalue weighted by molar-refractivity contribution is 5.84. The molecule has 1 fully saturated rings. The van der Waals surface area contributed by atoms with Gasteiger partial charge in [-0.15, -0.1) is 0 Å². The summed E-state index contributed by atoms with van der Waals surface area (Å²) >= 11 is 0. The maximum Gasteiger partial charge on any atom is 0.305 e. The molecule has 0 aliphatic carbocycles. The van der Waals surface area contributed by atoms with E-state index in [0.717, 1.165) is 27.8 Å². The molecule has 2 amide bonds. The first kappa shape index (κ1) is 31.4. The second kappa shape index (κ2) is 15.6. The fourth-order valence-corrected chi connectivity index (χ4v) is 5.80. The first-order valence-electron chi connectivity index (χ1n) is 15.3. The van der Waals surface area contributed by atoms with Crippen LogP contribution in [-0.2, 0) is 27.4 Å². The van der Waals surface area contributed by atoms with Gasteiger partial charge in [0.15, 0.2) is 0 Å². The van der Waals surface area contributed by atoms with E-state index in [-0.39, 0.29) is 30.7 Å². The topological polar surface area (TPSA) is 122 Å². The number of aryl methyl sites for hydroxylation is 1. The van der Waals surface area contributed by atoms with E-state index >= 15 is 0 Å². The van der Waals surface area contributed by atoms with Crippen molar-refractivity contribution < 1.29 is 24.2 Å². The largest absolute Gasteiger partial charge is 0.489 e. The molecule has 9 heteroatoms. The Labute approximate surface area is 263 Å². The number of amides is 2. The van der Waals surface area contributed by atoms with E-state index in [9.17, 15) is 14.4 Å². The van der Waals surface area contributed by atoms with Gasteiger partial charge in [-0.25, -0.2) is 9.97 Å². The van der Waals surface area contributed by atoms with E-state index in [1.54, 1.807) is 12.4 Å². The Balaban J connectivity index is 1.18. The Morgan fingerprint density at radius 1 is 0.867 bits per heavy atom. The van der Waals surface area contributed by atoms with Gasteiger partial charge in [-0.1, -0.05) is 66.7 Å². The molecule has 0 spiro atoms. The van der Waals surface area contributed by atoms with Crippen molar-refractivity contribution in [3.05, 3.63) is 114 Å². The average Bonchev–Trinajstić information content (AvgIpc) is 3.08. The monoisotopic (exact) mass is 606 g/mol. The molecular weight excluding hydrogens is 568 g/mol. The van der Waals surface area contributed by atoms with Crippen molar-refractivity contribution in [1.29, 1.82) is 0 Å². The number of aliphatic carboxylic acids is 1. The van der Waals surface area contributed by atoms with Crippen LogP contribution in [0.25, 0.3) is 11.1 Å². The van der Waals surface area contributed by atoms with E-state index < -0.39 is 11.9 Å². The number of carbonyl (C=O) groups excluding carboxylic acids is 2. The smallest absolute Gasteiger partial charge is 0.305 e. The fraction of sp³-hybridized carbons (Fsp3) is 0.306. The van der Waals surface area contributed by atoms with E-state index in [0.29, 0.717) is 51.1 Å². The van der Waals surface area contributed by atoms with Crippen LogP contribution in [0, 0.1) is 5.92 Å². The third kappa shape index (κ3) is 8.98. The lowest BCUT2D eigenvalue weighted by Gasteiger charge is -2.36. The summed E-state index contributed by atoms with van der Waals surface area (Å²) in [6, 6.07) is 25.6. The maximum absolute atomic E-state index is 13.4. The van der Waals surface area contributed by atoms with E-state index in [1.807, 2.05) is 77.7 Å². The molecule has 0 saturated carbocycles. The molecule has 1 aromatic heterocycles. The summed E-state index contributed by atoms with van der Waals surface area (Å²) < 4.78 is 5.93. The van der Waals surface area contributed by atoms with Crippen LogP contribution in [0.5, 0.6) is 5.75 Å². The summed E-state index contributed by atoms with van der Waals surface area (Å²) in [6.07, 6.45) is 7.31. The van der Waals surface area contributed by atoms with E-state index in [1.165, 1.54) is 6.33 Å². The molecule has 1 aliphatic heterocycles. The van der Waals surface area contributed by atoms with Gasteiger partial charge in [-0.05, 0) is 59.6 Å². The molecule has 0 bridgehead atoms. The number of carboxylic acid groups (broad SMARTS) is 1. The lowest BCUT2D eigenvalue weighted by molar-refractivity contribution is -0.137. The summed E-state index contributed by atoms with van der Waals surface area (Å²) in [4.78, 5) is 47.7. The van der Waals surface area contributed by atoms with E-state index in [2.05, 4.69) is 21.4 Å². The first-order chi connectivity index (χ1) is 22.0. The van der Waals surface area contributed by atoms with Crippen LogP contribution in [0.1, 0.15) is 48.3 Å². The van der Waals surface area contributed by atoms with Crippen molar-refractivity contribution >= 4 is 17.8 Å². The van der Waals surface area contributed by atoms with Crippen LogP contribution in [0.3, 0.4) is 0 Å². The van der Waals surface area contributed by atoms with Gasteiger partial charge < -0.3 is 20.1 Å². The van der Waals surface area contributed by atoms with Crippen molar-refractivity contribution in [2.45, 2.75) is 44.6 Å². The number of nitrogens with zero attached hydrogens (tertiary/aromatic N) is 3. The number of ether oxygens (including phenoxy) is 1. The van der Waals surface area contributed by atoms with Crippen molar-refractivity contribution in [2.75, 3.05) is 19.6 Å². The fourth-order valence-electron chi connectivity index (χ4n) is 5.80. The highest BCUT2D eigenvalue weighted by Gasteiger charge is 2.33. The minimum Gasteiger partial charge on any atom is -0.489 e. The van der Waals surface area contributed by atoms with Crippen molar-refractivity contribution in [2.24, 2.45) is 5.92 Å². The summed E-state index contributed by atoms with van der Waals surface area (Å²) in [5.41, 5.74) is 4.94. The highest BCUT2D eigenvalue weighted by Crippen LogP contribution is 2.34. The lowest BCUT2D eigenvalue weighted by Crippen LogP contribution is -2.43. The molecule has 1 atom stereocenters. The molecule has 9 nitrogen and oxygen atoms in total. The maximum atomic E-state index is 13.4. The van der Waals surface area contributed by atoms with Crippen LogP contribution in [-0.4, -0.2) is 57.4 Å². The number of carboxylic acids is 1. The van der Waals surface area contributed by atoms with Gasteiger partial charge in [0.25, 0.3) is 0 Å². The average molecular weight is 607 g/mol. The van der Waals surface area contributed by atoms with Crippen LogP contribution >= 0.6 is 0 Å². The number of aromatic nitrogens is 2. The Bertz CT molecular complexity index is 1560. The Hall–Kier alpha value is -5.05. The standard InChI is InChI=1S/C36H38N4O5/c41-33(14-9-26-7-4-8-30(21-26)31-22-37-25-38-23-31)40-19-16-29(17-20-40)35(36(44)39-18-15-34(42)43)28-10-12-32(13-11-28)45-24-27-5-2-1-3-6-27/h1-8,10-13,21-23,25,29,35H,9,14-20,24H2,(H,39,44)(H,42,43)/t35-/m1/s1. The Morgan fingerprint density at radius 3 is 2.29 bits per heavy atom. The van der Waals surface area contributed by atoms with Crippen molar-refractivity contribution in [1.82, 2.24) is 20.2 Å². The molecule has 0 radical (unpaired) electrons. The zero-order valence-corrected chi connectivity index (χ0v) is 25.2. The third-order valence-corrected chi connectivity index (χ3v) is 8.22. The molecule has 1 saturated heterocycles. The molecule has 2 N–H and O–H groups in total. The molecule has 1 aliphatic rings. The minimum absolute atomic E-state index is 0.0136. The second-order valence-electron chi connectivity index (χ2n) is 11.3.